The van der Waals surface area contributed by atoms with Crippen LogP contribution in [0.4, 0.5) is 5.69 Å². The van der Waals surface area contributed by atoms with Gasteiger partial charge in [-0.2, -0.15) is 12.7 Å². The Labute approximate surface area is 113 Å². The van der Waals surface area contributed by atoms with E-state index in [1.54, 1.807) is 6.07 Å². The van der Waals surface area contributed by atoms with Crippen LogP contribution in [0.2, 0.25) is 0 Å². The van der Waals surface area contributed by atoms with Gasteiger partial charge in [0, 0.05) is 18.5 Å². The molecule has 0 atom stereocenters. The van der Waals surface area contributed by atoms with Gasteiger partial charge in [-0.15, -0.1) is 0 Å². The van der Waals surface area contributed by atoms with Gasteiger partial charge in [-0.25, -0.2) is 0 Å². The van der Waals surface area contributed by atoms with Crippen LogP contribution in [-0.2, 0) is 10.2 Å². The predicted octanol–water partition coefficient (Wildman–Crippen LogP) is 2.59. The number of nitrogens with zero attached hydrogens (tertiary/aromatic N) is 1. The van der Waals surface area contributed by atoms with Crippen LogP contribution in [0, 0.1) is 0 Å². The highest BCUT2D eigenvalue weighted by atomic mass is 32.2. The van der Waals surface area contributed by atoms with E-state index in [0.29, 0.717) is 18.8 Å². The van der Waals surface area contributed by atoms with Gasteiger partial charge >= 0.3 is 10.2 Å². The van der Waals surface area contributed by atoms with E-state index < -0.39 is 10.2 Å². The van der Waals surface area contributed by atoms with Crippen molar-refractivity contribution >= 4 is 26.7 Å². The zero-order valence-corrected chi connectivity index (χ0v) is 11.4. The van der Waals surface area contributed by atoms with Gasteiger partial charge in [-0.05, 0) is 24.3 Å². The van der Waals surface area contributed by atoms with E-state index in [0.717, 1.165) is 23.6 Å². The molecular weight excluding hydrogens is 260 g/mol. The summed E-state index contributed by atoms with van der Waals surface area (Å²) in [4.78, 5) is 0. The van der Waals surface area contributed by atoms with Gasteiger partial charge < -0.3 is 0 Å². The van der Waals surface area contributed by atoms with Crippen molar-refractivity contribution in [1.29, 1.82) is 0 Å². The minimum Gasteiger partial charge on any atom is -0.270 e. The van der Waals surface area contributed by atoms with Crippen molar-refractivity contribution < 1.29 is 8.42 Å². The molecule has 1 heterocycles. The van der Waals surface area contributed by atoms with Gasteiger partial charge in [0.25, 0.3) is 0 Å². The second kappa shape index (κ2) is 4.83. The van der Waals surface area contributed by atoms with E-state index in [-0.39, 0.29) is 0 Å². The molecule has 0 spiro atoms. The Morgan fingerprint density at radius 1 is 0.947 bits per heavy atom. The fourth-order valence-electron chi connectivity index (χ4n) is 2.45. The van der Waals surface area contributed by atoms with Gasteiger partial charge in [-0.1, -0.05) is 36.4 Å². The molecule has 0 amide bonds. The number of fused-ring (bicyclic) bond motifs is 1. The quantitative estimate of drug-likeness (QED) is 0.936. The number of nitrogens with one attached hydrogen (secondary N) is 1. The van der Waals surface area contributed by atoms with Crippen LogP contribution in [0.3, 0.4) is 0 Å². The van der Waals surface area contributed by atoms with Crippen LogP contribution < -0.4 is 4.72 Å². The van der Waals surface area contributed by atoms with E-state index in [9.17, 15) is 8.42 Å². The van der Waals surface area contributed by atoms with Gasteiger partial charge in [0.15, 0.2) is 0 Å². The third kappa shape index (κ3) is 2.43. The molecule has 100 valence electrons. The molecule has 3 rings (SSSR count). The average molecular weight is 276 g/mol. The Hall–Kier alpha value is -1.59. The number of rotatable bonds is 3. The molecule has 0 unspecified atom stereocenters. The minimum absolute atomic E-state index is 0.611. The van der Waals surface area contributed by atoms with Crippen LogP contribution in [0.5, 0.6) is 0 Å². The highest BCUT2D eigenvalue weighted by Crippen LogP contribution is 2.25. The summed E-state index contributed by atoms with van der Waals surface area (Å²) in [6.07, 6.45) is 1.88. The monoisotopic (exact) mass is 276 g/mol. The Morgan fingerprint density at radius 3 is 2.42 bits per heavy atom. The molecule has 2 aromatic rings. The molecule has 1 saturated heterocycles. The van der Waals surface area contributed by atoms with Gasteiger partial charge in [0.2, 0.25) is 0 Å². The summed E-state index contributed by atoms with van der Waals surface area (Å²) in [5.74, 6) is 0. The fraction of sp³-hybridized carbons (Fsp3) is 0.286. The highest BCUT2D eigenvalue weighted by Gasteiger charge is 2.25. The number of anilines is 1. The standard InChI is InChI=1S/C14H16N2O2S/c17-19(18,16-10-3-4-11-16)15-14-9-5-7-12-6-1-2-8-13(12)14/h1-2,5-9,15H,3-4,10-11H2. The van der Waals surface area contributed by atoms with Crippen LogP contribution in [0.1, 0.15) is 12.8 Å². The average Bonchev–Trinajstić information content (AvgIpc) is 2.93. The highest BCUT2D eigenvalue weighted by molar-refractivity contribution is 7.90. The van der Waals surface area contributed by atoms with Gasteiger partial charge in [0.05, 0.1) is 5.69 Å². The maximum Gasteiger partial charge on any atom is 0.301 e. The maximum atomic E-state index is 12.3. The zero-order chi connectivity index (χ0) is 13.3. The third-order valence-electron chi connectivity index (χ3n) is 3.43. The van der Waals surface area contributed by atoms with Gasteiger partial charge in [-0.3, -0.25) is 4.72 Å². The number of hydrogen-bond acceptors (Lipinski definition) is 2. The second-order valence-corrected chi connectivity index (χ2v) is 6.41. The van der Waals surface area contributed by atoms with Gasteiger partial charge in [0.1, 0.15) is 0 Å². The molecule has 1 N–H and O–H groups in total. The molecule has 0 saturated carbocycles. The predicted molar refractivity (Wildman–Crippen MR) is 77.3 cm³/mol. The molecule has 19 heavy (non-hydrogen) atoms. The molecule has 1 aliphatic rings. The van der Waals surface area contributed by atoms with Crippen molar-refractivity contribution in [3.8, 4) is 0 Å². The summed E-state index contributed by atoms with van der Waals surface area (Å²) in [7, 11) is -3.42. The molecule has 2 aromatic carbocycles. The lowest BCUT2D eigenvalue weighted by atomic mass is 10.1. The molecule has 0 aromatic heterocycles. The summed E-state index contributed by atoms with van der Waals surface area (Å²) >= 11 is 0. The summed E-state index contributed by atoms with van der Waals surface area (Å²) in [5, 5.41) is 1.96. The van der Waals surface area contributed by atoms with E-state index in [1.165, 1.54) is 4.31 Å². The molecular formula is C14H16N2O2S. The summed E-state index contributed by atoms with van der Waals surface area (Å²) in [5.41, 5.74) is 0.644. The molecule has 5 heteroatoms. The Morgan fingerprint density at radius 2 is 1.63 bits per heavy atom. The smallest absolute Gasteiger partial charge is 0.270 e. The van der Waals surface area contributed by atoms with Crippen molar-refractivity contribution in [2.45, 2.75) is 12.8 Å². The first-order chi connectivity index (χ1) is 9.17. The lowest BCUT2D eigenvalue weighted by molar-refractivity contribution is 0.482. The van der Waals surface area contributed by atoms with E-state index in [4.69, 9.17) is 0 Å². The first kappa shape index (κ1) is 12.4. The lowest BCUT2D eigenvalue weighted by Gasteiger charge is -2.17. The molecule has 4 nitrogen and oxygen atoms in total. The first-order valence-corrected chi connectivity index (χ1v) is 7.86. The Bertz CT molecular complexity index is 686. The largest absolute Gasteiger partial charge is 0.301 e. The zero-order valence-electron chi connectivity index (χ0n) is 10.5. The van der Waals surface area contributed by atoms with Crippen molar-refractivity contribution in [2.24, 2.45) is 0 Å². The molecule has 1 aliphatic heterocycles. The van der Waals surface area contributed by atoms with Crippen molar-refractivity contribution in [3.05, 3.63) is 42.5 Å². The first-order valence-electron chi connectivity index (χ1n) is 6.42. The van der Waals surface area contributed by atoms with Crippen LogP contribution in [0.15, 0.2) is 42.5 Å². The maximum absolute atomic E-state index is 12.3. The van der Waals surface area contributed by atoms with Crippen LogP contribution in [-0.4, -0.2) is 25.8 Å². The van der Waals surface area contributed by atoms with E-state index in [2.05, 4.69) is 4.72 Å². The normalized spacial score (nSPS) is 16.8. The van der Waals surface area contributed by atoms with Crippen molar-refractivity contribution in [1.82, 2.24) is 4.31 Å². The Balaban J connectivity index is 1.97. The number of benzene rings is 2. The molecule has 1 fully saturated rings. The fourth-order valence-corrected chi connectivity index (χ4v) is 3.77. The third-order valence-corrected chi connectivity index (χ3v) is 4.96. The Kier molecular flexibility index (Phi) is 3.16. The minimum atomic E-state index is -3.42. The second-order valence-electron chi connectivity index (χ2n) is 4.74. The van der Waals surface area contributed by atoms with Crippen LogP contribution in [0.25, 0.3) is 10.8 Å². The lowest BCUT2D eigenvalue weighted by Crippen LogP contribution is -2.33. The van der Waals surface area contributed by atoms with Crippen LogP contribution >= 0.6 is 0 Å². The summed E-state index contributed by atoms with van der Waals surface area (Å²) < 4.78 is 28.7. The number of hydrogen-bond donors (Lipinski definition) is 1. The molecule has 0 bridgehead atoms. The van der Waals surface area contributed by atoms with Crippen molar-refractivity contribution in [2.75, 3.05) is 17.8 Å². The topological polar surface area (TPSA) is 49.4 Å². The SMILES string of the molecule is O=S(=O)(Nc1cccc2ccccc12)N1CCCC1. The molecule has 0 aliphatic carbocycles. The van der Waals surface area contributed by atoms with Crippen molar-refractivity contribution in [3.63, 3.8) is 0 Å². The molecule has 0 radical (unpaired) electrons. The van der Waals surface area contributed by atoms with E-state index >= 15 is 0 Å². The summed E-state index contributed by atoms with van der Waals surface area (Å²) in [6.45, 7) is 1.22. The summed E-state index contributed by atoms with van der Waals surface area (Å²) in [6, 6.07) is 13.4. The van der Waals surface area contributed by atoms with E-state index in [1.807, 2.05) is 36.4 Å².